The van der Waals surface area contributed by atoms with E-state index in [2.05, 4.69) is 0 Å². The van der Waals surface area contributed by atoms with Crippen LogP contribution in [0.5, 0.6) is 0 Å². The largest absolute Gasteiger partial charge is 0.481 e. The van der Waals surface area contributed by atoms with E-state index in [1.54, 1.807) is 13.8 Å². The van der Waals surface area contributed by atoms with Gasteiger partial charge in [-0.1, -0.05) is 13.8 Å². The van der Waals surface area contributed by atoms with Crippen LogP contribution in [-0.4, -0.2) is 23.1 Å². The van der Waals surface area contributed by atoms with E-state index in [4.69, 9.17) is 9.84 Å². The van der Waals surface area contributed by atoms with Gasteiger partial charge in [0.15, 0.2) is 0 Å². The van der Waals surface area contributed by atoms with Crippen LogP contribution in [0, 0.1) is 0 Å². The molecule has 1 atom stereocenters. The summed E-state index contributed by atoms with van der Waals surface area (Å²) in [4.78, 5) is 21.0. The number of aliphatic carboxylic acids is 1. The van der Waals surface area contributed by atoms with Crippen LogP contribution in [0.4, 0.5) is 0 Å². The van der Waals surface area contributed by atoms with Crippen LogP contribution in [0.25, 0.3) is 0 Å². The van der Waals surface area contributed by atoms with Crippen LogP contribution >= 0.6 is 0 Å². The first kappa shape index (κ1) is 10.9. The van der Waals surface area contributed by atoms with E-state index in [1.807, 2.05) is 0 Å². The minimum atomic E-state index is -0.939. The quantitative estimate of drug-likeness (QED) is 0.636. The molecule has 1 unspecified atom stereocenters. The Labute approximate surface area is 71.5 Å². The fourth-order valence-corrected chi connectivity index (χ4v) is 0.733. The number of carboxylic acid groups (broad SMARTS) is 1. The molecule has 0 saturated heterocycles. The number of rotatable bonds is 5. The molecule has 0 aromatic rings. The average Bonchev–Trinajstić information content (AvgIpc) is 2.02. The molecule has 70 valence electrons. The van der Waals surface area contributed by atoms with Gasteiger partial charge in [0.2, 0.25) is 0 Å². The fraction of sp³-hybridized carbons (Fsp3) is 0.750. The molecule has 0 aromatic heterocycles. The summed E-state index contributed by atoms with van der Waals surface area (Å²) in [5.74, 6) is -1.28. The van der Waals surface area contributed by atoms with E-state index in [1.165, 1.54) is 0 Å². The maximum absolute atomic E-state index is 10.7. The maximum atomic E-state index is 10.7. The molecule has 0 aliphatic heterocycles. The van der Waals surface area contributed by atoms with Gasteiger partial charge in [-0.3, -0.25) is 9.59 Å². The Morgan fingerprint density at radius 2 is 2.00 bits per heavy atom. The van der Waals surface area contributed by atoms with Gasteiger partial charge in [-0.2, -0.15) is 0 Å². The summed E-state index contributed by atoms with van der Waals surface area (Å²) >= 11 is 0. The molecule has 12 heavy (non-hydrogen) atoms. The van der Waals surface area contributed by atoms with Gasteiger partial charge >= 0.3 is 11.9 Å². The van der Waals surface area contributed by atoms with Crippen LogP contribution in [0.2, 0.25) is 0 Å². The predicted molar refractivity (Wildman–Crippen MR) is 42.7 cm³/mol. The van der Waals surface area contributed by atoms with E-state index >= 15 is 0 Å². The highest BCUT2D eigenvalue weighted by Crippen LogP contribution is 2.04. The van der Waals surface area contributed by atoms with Gasteiger partial charge in [0, 0.05) is 6.42 Å². The zero-order valence-electron chi connectivity index (χ0n) is 7.37. The zero-order chi connectivity index (χ0) is 9.56. The molecule has 0 aliphatic carbocycles. The smallest absolute Gasteiger partial charge is 0.307 e. The zero-order valence-corrected chi connectivity index (χ0v) is 7.37. The summed E-state index contributed by atoms with van der Waals surface area (Å²) in [6.45, 7) is 3.46. The molecule has 1 N–H and O–H groups in total. The SMILES string of the molecule is CCC(=O)OC(CC)CC(=O)O. The van der Waals surface area contributed by atoms with Crippen LogP contribution in [-0.2, 0) is 14.3 Å². The number of ether oxygens (including phenoxy) is 1. The lowest BCUT2D eigenvalue weighted by Crippen LogP contribution is -2.20. The topological polar surface area (TPSA) is 63.6 Å². The molecule has 0 heterocycles. The molecule has 0 radical (unpaired) electrons. The predicted octanol–water partition coefficient (Wildman–Crippen LogP) is 1.19. The van der Waals surface area contributed by atoms with E-state index in [-0.39, 0.29) is 18.8 Å². The van der Waals surface area contributed by atoms with Gasteiger partial charge in [-0.25, -0.2) is 0 Å². The van der Waals surface area contributed by atoms with Crippen LogP contribution < -0.4 is 0 Å². The summed E-state index contributed by atoms with van der Waals surface area (Å²) in [6, 6.07) is 0. The molecule has 0 rings (SSSR count). The van der Waals surface area contributed by atoms with Crippen molar-refractivity contribution in [2.75, 3.05) is 0 Å². The summed E-state index contributed by atoms with van der Waals surface area (Å²) in [7, 11) is 0. The van der Waals surface area contributed by atoms with Gasteiger partial charge in [0.05, 0.1) is 6.42 Å². The van der Waals surface area contributed by atoms with E-state index in [0.29, 0.717) is 6.42 Å². The molecule has 0 aromatic carbocycles. The molecule has 0 bridgehead atoms. The van der Waals surface area contributed by atoms with Crippen LogP contribution in [0.1, 0.15) is 33.1 Å². The first-order valence-corrected chi connectivity index (χ1v) is 4.01. The molecule has 0 spiro atoms. The molecule has 4 heteroatoms. The highest BCUT2D eigenvalue weighted by Gasteiger charge is 2.14. The van der Waals surface area contributed by atoms with Crippen molar-refractivity contribution in [3.63, 3.8) is 0 Å². The van der Waals surface area contributed by atoms with Gasteiger partial charge < -0.3 is 9.84 Å². The van der Waals surface area contributed by atoms with Crippen LogP contribution in [0.3, 0.4) is 0 Å². The summed E-state index contributed by atoms with van der Waals surface area (Å²) in [5.41, 5.74) is 0. The number of hydrogen-bond acceptors (Lipinski definition) is 3. The van der Waals surface area contributed by atoms with Crippen LogP contribution in [0.15, 0.2) is 0 Å². The lowest BCUT2D eigenvalue weighted by Gasteiger charge is -2.12. The number of carbonyl (C=O) groups is 2. The summed E-state index contributed by atoms with van der Waals surface area (Å²) < 4.78 is 4.84. The molecule has 0 aliphatic rings. The standard InChI is InChI=1S/C8H14O4/c1-3-6(5-7(9)10)12-8(11)4-2/h6H,3-5H2,1-2H3,(H,9,10). The van der Waals surface area contributed by atoms with E-state index < -0.39 is 12.1 Å². The van der Waals surface area contributed by atoms with Gasteiger partial charge in [-0.15, -0.1) is 0 Å². The van der Waals surface area contributed by atoms with Crippen molar-refractivity contribution >= 4 is 11.9 Å². The molecular weight excluding hydrogens is 160 g/mol. The Morgan fingerprint density at radius 3 is 2.33 bits per heavy atom. The molecule has 4 nitrogen and oxygen atoms in total. The van der Waals surface area contributed by atoms with Crippen molar-refractivity contribution in [3.05, 3.63) is 0 Å². The number of hydrogen-bond donors (Lipinski definition) is 1. The average molecular weight is 174 g/mol. The monoisotopic (exact) mass is 174 g/mol. The number of carbonyl (C=O) groups excluding carboxylic acids is 1. The second kappa shape index (κ2) is 5.57. The van der Waals surface area contributed by atoms with Crippen molar-refractivity contribution in [3.8, 4) is 0 Å². The van der Waals surface area contributed by atoms with Crippen molar-refractivity contribution in [2.45, 2.75) is 39.2 Å². The summed E-state index contributed by atoms with van der Waals surface area (Å²) in [6.07, 6.45) is 0.242. The van der Waals surface area contributed by atoms with E-state index in [9.17, 15) is 9.59 Å². The minimum Gasteiger partial charge on any atom is -0.481 e. The molecule has 0 amide bonds. The van der Waals surface area contributed by atoms with E-state index in [0.717, 1.165) is 0 Å². The van der Waals surface area contributed by atoms with Gasteiger partial charge in [0.25, 0.3) is 0 Å². The minimum absolute atomic E-state index is 0.109. The highest BCUT2D eigenvalue weighted by atomic mass is 16.5. The third-order valence-corrected chi connectivity index (χ3v) is 1.44. The Bertz CT molecular complexity index is 164. The second-order valence-electron chi connectivity index (χ2n) is 2.47. The Hall–Kier alpha value is -1.06. The Morgan fingerprint density at radius 1 is 1.42 bits per heavy atom. The number of carboxylic acids is 1. The Kier molecular flexibility index (Phi) is 5.08. The van der Waals surface area contributed by atoms with Gasteiger partial charge in [-0.05, 0) is 6.42 Å². The maximum Gasteiger partial charge on any atom is 0.307 e. The lowest BCUT2D eigenvalue weighted by molar-refractivity contribution is -0.152. The Balaban J connectivity index is 3.82. The lowest BCUT2D eigenvalue weighted by atomic mass is 10.2. The normalized spacial score (nSPS) is 12.2. The number of esters is 1. The fourth-order valence-electron chi connectivity index (χ4n) is 0.733. The summed E-state index contributed by atoms with van der Waals surface area (Å²) in [5, 5.41) is 8.41. The molecule has 0 saturated carbocycles. The third-order valence-electron chi connectivity index (χ3n) is 1.44. The van der Waals surface area contributed by atoms with Crippen molar-refractivity contribution in [2.24, 2.45) is 0 Å². The molecular formula is C8H14O4. The first-order chi connectivity index (χ1) is 5.60. The third kappa shape index (κ3) is 4.71. The first-order valence-electron chi connectivity index (χ1n) is 4.01. The highest BCUT2D eigenvalue weighted by molar-refractivity contribution is 5.71. The van der Waals surface area contributed by atoms with Crippen molar-refractivity contribution in [1.82, 2.24) is 0 Å². The van der Waals surface area contributed by atoms with Crippen molar-refractivity contribution < 1.29 is 19.4 Å². The molecule has 0 fully saturated rings. The van der Waals surface area contributed by atoms with Crippen molar-refractivity contribution in [1.29, 1.82) is 0 Å². The van der Waals surface area contributed by atoms with Gasteiger partial charge in [0.1, 0.15) is 6.10 Å². The second-order valence-corrected chi connectivity index (χ2v) is 2.47.